The van der Waals surface area contributed by atoms with Crippen molar-refractivity contribution in [2.45, 2.75) is 33.6 Å². The van der Waals surface area contributed by atoms with Gasteiger partial charge in [0.2, 0.25) is 5.91 Å². The van der Waals surface area contributed by atoms with Crippen LogP contribution in [0, 0.1) is 0 Å². The van der Waals surface area contributed by atoms with E-state index in [0.717, 1.165) is 13.0 Å². The fourth-order valence-electron chi connectivity index (χ4n) is 1.08. The first kappa shape index (κ1) is 21.6. The van der Waals surface area contributed by atoms with Gasteiger partial charge in [0.1, 0.15) is 0 Å². The molecule has 20 heavy (non-hydrogen) atoms. The summed E-state index contributed by atoms with van der Waals surface area (Å²) in [5, 5.41) is 0. The molecule has 0 aliphatic heterocycles. The Kier molecular flexibility index (Phi) is 22.3. The van der Waals surface area contributed by atoms with E-state index in [1.54, 1.807) is 0 Å². The average molecular weight is 293 g/mol. The number of hydrogen-bond acceptors (Lipinski definition) is 5. The lowest BCUT2D eigenvalue weighted by Gasteiger charge is -2.06. The van der Waals surface area contributed by atoms with Crippen molar-refractivity contribution in [1.82, 2.24) is 0 Å². The summed E-state index contributed by atoms with van der Waals surface area (Å²) in [7, 11) is 0. The van der Waals surface area contributed by atoms with Gasteiger partial charge in [-0.1, -0.05) is 20.8 Å². The van der Waals surface area contributed by atoms with Crippen molar-refractivity contribution in [2.24, 2.45) is 5.73 Å². The van der Waals surface area contributed by atoms with Crippen molar-refractivity contribution in [2.75, 3.05) is 52.9 Å². The lowest BCUT2D eigenvalue weighted by atomic mass is 10.4. The lowest BCUT2D eigenvalue weighted by molar-refractivity contribution is -0.119. The van der Waals surface area contributed by atoms with E-state index in [4.69, 9.17) is 24.7 Å². The molecule has 0 atom stereocenters. The summed E-state index contributed by atoms with van der Waals surface area (Å²) in [6.45, 7) is 10.5. The molecule has 0 aliphatic carbocycles. The molecule has 0 rings (SSSR count). The van der Waals surface area contributed by atoms with E-state index in [2.05, 4.69) is 6.92 Å². The number of carbonyl (C=O) groups is 1. The van der Waals surface area contributed by atoms with Crippen LogP contribution in [0.2, 0.25) is 0 Å². The molecular weight excluding hydrogens is 262 g/mol. The van der Waals surface area contributed by atoms with Crippen molar-refractivity contribution < 1.29 is 23.7 Å². The summed E-state index contributed by atoms with van der Waals surface area (Å²) in [5.74, 6) is -0.352. The molecule has 0 fully saturated rings. The van der Waals surface area contributed by atoms with Crippen LogP contribution in [0.3, 0.4) is 0 Å². The van der Waals surface area contributed by atoms with Gasteiger partial charge in [0.05, 0.1) is 46.2 Å². The van der Waals surface area contributed by atoms with Gasteiger partial charge in [0.15, 0.2) is 0 Å². The summed E-state index contributed by atoms with van der Waals surface area (Å²) >= 11 is 0. The fourth-order valence-corrected chi connectivity index (χ4v) is 1.08. The molecule has 0 saturated heterocycles. The second-order valence-electron chi connectivity index (χ2n) is 3.67. The summed E-state index contributed by atoms with van der Waals surface area (Å²) in [6.07, 6.45) is 1.28. The van der Waals surface area contributed by atoms with Gasteiger partial charge < -0.3 is 24.7 Å². The minimum absolute atomic E-state index is 0.251. The normalized spacial score (nSPS) is 9.95. The van der Waals surface area contributed by atoms with Gasteiger partial charge in [0, 0.05) is 13.0 Å². The molecule has 2 N–H and O–H groups in total. The Labute approximate surface area is 122 Å². The molecule has 1 amide bonds. The van der Waals surface area contributed by atoms with E-state index >= 15 is 0 Å². The third-order valence-electron chi connectivity index (χ3n) is 1.96. The summed E-state index contributed by atoms with van der Waals surface area (Å²) < 4.78 is 20.9. The van der Waals surface area contributed by atoms with Crippen LogP contribution in [0.5, 0.6) is 0 Å². The molecule has 0 radical (unpaired) electrons. The first-order chi connectivity index (χ1) is 9.77. The van der Waals surface area contributed by atoms with Crippen LogP contribution >= 0.6 is 0 Å². The zero-order valence-electron chi connectivity index (χ0n) is 13.2. The number of rotatable bonds is 14. The van der Waals surface area contributed by atoms with E-state index in [1.165, 1.54) is 0 Å². The molecule has 6 nitrogen and oxygen atoms in total. The van der Waals surface area contributed by atoms with E-state index in [1.807, 2.05) is 13.8 Å². The average Bonchev–Trinajstić information content (AvgIpc) is 2.46. The molecular formula is C14H31NO5. The van der Waals surface area contributed by atoms with Gasteiger partial charge in [-0.2, -0.15) is 0 Å². The minimum atomic E-state index is -0.352. The SMILES string of the molecule is CC.CCCOCCOCCOCCOCCC(N)=O. The third-order valence-corrected chi connectivity index (χ3v) is 1.96. The Morgan fingerprint density at radius 1 is 0.750 bits per heavy atom. The Hall–Kier alpha value is -0.690. The number of amides is 1. The van der Waals surface area contributed by atoms with E-state index in [0.29, 0.717) is 46.2 Å². The largest absolute Gasteiger partial charge is 0.379 e. The molecule has 122 valence electrons. The fraction of sp³-hybridized carbons (Fsp3) is 0.929. The first-order valence-corrected chi connectivity index (χ1v) is 7.36. The molecule has 0 aromatic carbocycles. The van der Waals surface area contributed by atoms with Crippen molar-refractivity contribution in [1.29, 1.82) is 0 Å². The quantitative estimate of drug-likeness (QED) is 0.489. The summed E-state index contributed by atoms with van der Waals surface area (Å²) in [5.41, 5.74) is 4.95. The topological polar surface area (TPSA) is 80.0 Å². The maximum Gasteiger partial charge on any atom is 0.219 e. The highest BCUT2D eigenvalue weighted by atomic mass is 16.6. The van der Waals surface area contributed by atoms with Crippen LogP contribution in [0.15, 0.2) is 0 Å². The molecule has 6 heteroatoms. The standard InChI is InChI=1S/C12H25NO5.C2H6/c1-2-4-15-6-8-17-10-11-18-9-7-16-5-3-12(13)14;1-2/h2-11H2,1H3,(H2,13,14);1-2H3. The van der Waals surface area contributed by atoms with Gasteiger partial charge in [0.25, 0.3) is 0 Å². The Morgan fingerprint density at radius 3 is 1.45 bits per heavy atom. The van der Waals surface area contributed by atoms with E-state index in [-0.39, 0.29) is 12.3 Å². The lowest BCUT2D eigenvalue weighted by Crippen LogP contribution is -2.15. The van der Waals surface area contributed by atoms with Gasteiger partial charge in [-0.15, -0.1) is 0 Å². The number of ether oxygens (including phenoxy) is 4. The Morgan fingerprint density at radius 2 is 1.10 bits per heavy atom. The zero-order valence-corrected chi connectivity index (χ0v) is 13.2. The predicted octanol–water partition coefficient (Wildman–Crippen LogP) is 1.36. The third kappa shape index (κ3) is 22.5. The van der Waals surface area contributed by atoms with Crippen LogP contribution in [0.1, 0.15) is 33.6 Å². The zero-order chi connectivity index (χ0) is 15.5. The molecule has 0 unspecified atom stereocenters. The molecule has 0 aromatic rings. The number of hydrogen-bond donors (Lipinski definition) is 1. The summed E-state index contributed by atoms with van der Waals surface area (Å²) in [6, 6.07) is 0. The van der Waals surface area contributed by atoms with Crippen LogP contribution in [0.25, 0.3) is 0 Å². The second-order valence-corrected chi connectivity index (χ2v) is 3.67. The van der Waals surface area contributed by atoms with Gasteiger partial charge in [-0.05, 0) is 6.42 Å². The number of primary amides is 1. The van der Waals surface area contributed by atoms with Crippen molar-refractivity contribution in [3.63, 3.8) is 0 Å². The Bertz CT molecular complexity index is 190. The van der Waals surface area contributed by atoms with Crippen molar-refractivity contribution >= 4 is 5.91 Å². The number of carbonyl (C=O) groups excluding carboxylic acids is 1. The van der Waals surface area contributed by atoms with Crippen molar-refractivity contribution in [3.8, 4) is 0 Å². The van der Waals surface area contributed by atoms with Gasteiger partial charge in [-0.25, -0.2) is 0 Å². The maximum atomic E-state index is 10.4. The minimum Gasteiger partial charge on any atom is -0.379 e. The highest BCUT2D eigenvalue weighted by Gasteiger charge is 1.94. The molecule has 0 aromatic heterocycles. The van der Waals surface area contributed by atoms with E-state index in [9.17, 15) is 4.79 Å². The summed E-state index contributed by atoms with van der Waals surface area (Å²) in [4.78, 5) is 10.4. The number of nitrogens with two attached hydrogens (primary N) is 1. The van der Waals surface area contributed by atoms with Crippen LogP contribution in [0.4, 0.5) is 0 Å². The molecule has 0 bridgehead atoms. The van der Waals surface area contributed by atoms with Crippen LogP contribution in [-0.4, -0.2) is 58.8 Å². The monoisotopic (exact) mass is 293 g/mol. The maximum absolute atomic E-state index is 10.4. The van der Waals surface area contributed by atoms with Gasteiger partial charge in [-0.3, -0.25) is 4.79 Å². The van der Waals surface area contributed by atoms with Crippen LogP contribution in [-0.2, 0) is 23.7 Å². The van der Waals surface area contributed by atoms with Crippen LogP contribution < -0.4 is 5.73 Å². The molecule has 0 aliphatic rings. The van der Waals surface area contributed by atoms with E-state index < -0.39 is 0 Å². The molecule has 0 heterocycles. The smallest absolute Gasteiger partial charge is 0.219 e. The molecule has 0 saturated carbocycles. The molecule has 0 spiro atoms. The predicted molar refractivity (Wildman–Crippen MR) is 78.7 cm³/mol. The second kappa shape index (κ2) is 20.6. The first-order valence-electron chi connectivity index (χ1n) is 7.36. The van der Waals surface area contributed by atoms with Crippen molar-refractivity contribution in [3.05, 3.63) is 0 Å². The van der Waals surface area contributed by atoms with Gasteiger partial charge >= 0.3 is 0 Å². The Balaban J connectivity index is 0. The highest BCUT2D eigenvalue weighted by Crippen LogP contribution is 1.85. The highest BCUT2D eigenvalue weighted by molar-refractivity contribution is 5.73.